The third-order valence-corrected chi connectivity index (χ3v) is 10.1. The van der Waals surface area contributed by atoms with Crippen molar-refractivity contribution < 1.29 is 73.8 Å². The highest BCUT2D eigenvalue weighted by molar-refractivity contribution is 5.91. The Morgan fingerprint density at radius 3 is 2.33 bits per heavy atom. The number of carbonyl (C=O) groups excluding carboxylic acids is 2. The van der Waals surface area contributed by atoms with Gasteiger partial charge in [0.15, 0.2) is 41.7 Å². The van der Waals surface area contributed by atoms with E-state index in [2.05, 4.69) is 0 Å². The summed E-state index contributed by atoms with van der Waals surface area (Å²) in [5, 5.41) is 72.7. The maximum Gasteiger partial charge on any atom is 0.338 e. The smallest absolute Gasteiger partial charge is 0.338 e. The van der Waals surface area contributed by atoms with E-state index in [0.717, 1.165) is 12.1 Å². The van der Waals surface area contributed by atoms with Crippen LogP contribution < -0.4 is 0 Å². The van der Waals surface area contributed by atoms with E-state index in [9.17, 15) is 45.3 Å². The van der Waals surface area contributed by atoms with Crippen LogP contribution in [0.2, 0.25) is 0 Å². The molecule has 0 spiro atoms. The maximum atomic E-state index is 12.9. The number of aliphatic hydroxyl groups excluding tert-OH is 3. The first-order valence-electron chi connectivity index (χ1n) is 14.4. The second kappa shape index (κ2) is 9.98. The summed E-state index contributed by atoms with van der Waals surface area (Å²) in [6.45, 7) is 0.642. The van der Waals surface area contributed by atoms with Gasteiger partial charge in [0.05, 0.1) is 23.1 Å². The molecular formula is C30H32O15. The molecule has 0 radical (unpaired) electrons. The molecule has 2 aromatic rings. The first-order valence-corrected chi connectivity index (χ1v) is 14.4. The standard InChI is InChI=1S/C30H32O15/c1-27-11-29(39)18-9-30(27,28(18,26(44-27)45-29)12-40-23(37)13-5-3-2-4-6-13)43-25-21(36)20(35)22(17(10-31)41-25)42-24(38)14-7-15(32)19(34)16(33)8-14/h2-8,17-18,20-22,25-26,31-36,39H,9-12H2,1H3. The number of ether oxygens (including phenoxy) is 6. The van der Waals surface area contributed by atoms with E-state index in [1.807, 2.05) is 0 Å². The van der Waals surface area contributed by atoms with Gasteiger partial charge < -0.3 is 64.2 Å². The van der Waals surface area contributed by atoms with Crippen LogP contribution in [0.15, 0.2) is 42.5 Å². The lowest BCUT2D eigenvalue weighted by Crippen LogP contribution is -2.80. The van der Waals surface area contributed by atoms with Crippen molar-refractivity contribution in [3.05, 3.63) is 53.6 Å². The second-order valence-electron chi connectivity index (χ2n) is 12.4. The molecule has 15 heteroatoms. The van der Waals surface area contributed by atoms with Crippen molar-refractivity contribution >= 4 is 11.9 Å². The van der Waals surface area contributed by atoms with E-state index in [1.54, 1.807) is 37.3 Å². The van der Waals surface area contributed by atoms with Crippen LogP contribution in [0.5, 0.6) is 17.2 Å². The predicted octanol–water partition coefficient (Wildman–Crippen LogP) is -0.376. The van der Waals surface area contributed by atoms with Gasteiger partial charge in [-0.25, -0.2) is 9.59 Å². The average molecular weight is 633 g/mol. The monoisotopic (exact) mass is 632 g/mol. The third-order valence-electron chi connectivity index (χ3n) is 10.1. The highest BCUT2D eigenvalue weighted by Crippen LogP contribution is 2.81. The van der Waals surface area contributed by atoms with Gasteiger partial charge in [0.25, 0.3) is 0 Å². The molecule has 11 unspecified atom stereocenters. The SMILES string of the molecule is CC12CC3(O)OC(O1)C1(COC(=O)c4ccccc4)C3CC21OC1OC(CO)C(OC(=O)c2cc(O)c(O)c(O)c2)C(O)C1O. The molecule has 4 aliphatic heterocycles. The molecule has 45 heavy (non-hydrogen) atoms. The van der Waals surface area contributed by atoms with E-state index in [0.29, 0.717) is 5.56 Å². The van der Waals surface area contributed by atoms with E-state index in [-0.39, 0.29) is 19.4 Å². The molecule has 242 valence electrons. The number of esters is 2. The molecule has 7 N–H and O–H groups in total. The van der Waals surface area contributed by atoms with Crippen LogP contribution in [0.4, 0.5) is 0 Å². The molecule has 2 aromatic carbocycles. The van der Waals surface area contributed by atoms with Crippen LogP contribution in [0.3, 0.4) is 0 Å². The molecule has 3 aliphatic carbocycles. The Bertz CT molecular complexity index is 1510. The lowest BCUT2D eigenvalue weighted by Gasteiger charge is -2.67. The van der Waals surface area contributed by atoms with Gasteiger partial charge in [-0.3, -0.25) is 0 Å². The van der Waals surface area contributed by atoms with Crippen molar-refractivity contribution in [2.24, 2.45) is 11.3 Å². The molecule has 11 atom stereocenters. The second-order valence-corrected chi connectivity index (χ2v) is 12.4. The number of benzene rings is 2. The Morgan fingerprint density at radius 2 is 1.67 bits per heavy atom. The molecule has 9 rings (SSSR count). The van der Waals surface area contributed by atoms with Crippen LogP contribution in [0, 0.1) is 11.3 Å². The quantitative estimate of drug-likeness (QED) is 0.145. The molecular weight excluding hydrogens is 600 g/mol. The van der Waals surface area contributed by atoms with Crippen LogP contribution in [-0.2, 0) is 28.4 Å². The number of aliphatic hydroxyl groups is 4. The van der Waals surface area contributed by atoms with E-state index < -0.39 is 107 Å². The molecule has 0 aromatic heterocycles. The van der Waals surface area contributed by atoms with Crippen LogP contribution in [-0.4, -0.2) is 115 Å². The molecule has 0 amide bonds. The van der Waals surface area contributed by atoms with Gasteiger partial charge in [0.2, 0.25) is 0 Å². The minimum absolute atomic E-state index is 0.00307. The fourth-order valence-corrected chi connectivity index (χ4v) is 7.92. The Morgan fingerprint density at radius 1 is 0.978 bits per heavy atom. The highest BCUT2D eigenvalue weighted by Gasteiger charge is 2.94. The van der Waals surface area contributed by atoms with E-state index in [1.165, 1.54) is 0 Å². The number of phenols is 3. The number of hydrogen-bond donors (Lipinski definition) is 7. The fraction of sp³-hybridized carbons (Fsp3) is 0.533. The summed E-state index contributed by atoms with van der Waals surface area (Å²) >= 11 is 0. The average Bonchev–Trinajstić information content (AvgIpc) is 3.20. The predicted molar refractivity (Wildman–Crippen MR) is 143 cm³/mol. The lowest BCUT2D eigenvalue weighted by atomic mass is 9.41. The summed E-state index contributed by atoms with van der Waals surface area (Å²) in [7, 11) is 0. The van der Waals surface area contributed by atoms with Crippen LogP contribution >= 0.6 is 0 Å². The van der Waals surface area contributed by atoms with Gasteiger partial charge in [-0.15, -0.1) is 0 Å². The van der Waals surface area contributed by atoms with Crippen molar-refractivity contribution in [1.82, 2.24) is 0 Å². The van der Waals surface area contributed by atoms with Crippen molar-refractivity contribution in [3.63, 3.8) is 0 Å². The van der Waals surface area contributed by atoms with Gasteiger partial charge in [-0.2, -0.15) is 0 Å². The molecule has 4 heterocycles. The summed E-state index contributed by atoms with van der Waals surface area (Å²) in [5.74, 6) is -6.40. The number of phenolic OH excluding ortho intramolecular Hbond substituents is 3. The Labute approximate surface area is 255 Å². The van der Waals surface area contributed by atoms with E-state index in [4.69, 9.17) is 28.4 Å². The normalized spacial score (nSPS) is 42.3. The molecule has 6 bridgehead atoms. The zero-order chi connectivity index (χ0) is 32.1. The van der Waals surface area contributed by atoms with Gasteiger partial charge in [0, 0.05) is 12.3 Å². The zero-order valence-corrected chi connectivity index (χ0v) is 23.8. The van der Waals surface area contributed by atoms with Crippen LogP contribution in [0.25, 0.3) is 0 Å². The first-order chi connectivity index (χ1) is 21.3. The number of aromatic hydroxyl groups is 3. The maximum absolute atomic E-state index is 12.9. The summed E-state index contributed by atoms with van der Waals surface area (Å²) < 4.78 is 35.5. The number of rotatable bonds is 8. The van der Waals surface area contributed by atoms with Crippen molar-refractivity contribution in [1.29, 1.82) is 0 Å². The minimum atomic E-state index is -1.85. The van der Waals surface area contributed by atoms with Crippen molar-refractivity contribution in [3.8, 4) is 17.2 Å². The summed E-state index contributed by atoms with van der Waals surface area (Å²) in [6, 6.07) is 9.94. The molecule has 4 saturated heterocycles. The van der Waals surface area contributed by atoms with Gasteiger partial charge in [-0.05, 0) is 37.6 Å². The first kappa shape index (κ1) is 30.1. The summed E-state index contributed by atoms with van der Waals surface area (Å²) in [6.07, 6.45) is -9.22. The van der Waals surface area contributed by atoms with Crippen molar-refractivity contribution in [2.45, 2.75) is 73.8 Å². The molecule has 7 aliphatic rings. The van der Waals surface area contributed by atoms with Gasteiger partial charge in [-0.1, -0.05) is 18.2 Å². The highest BCUT2D eigenvalue weighted by atomic mass is 16.8. The molecule has 3 saturated carbocycles. The van der Waals surface area contributed by atoms with E-state index >= 15 is 0 Å². The third kappa shape index (κ3) is 3.99. The fourth-order valence-electron chi connectivity index (χ4n) is 7.92. The van der Waals surface area contributed by atoms with Crippen LogP contribution in [0.1, 0.15) is 40.5 Å². The Kier molecular flexibility index (Phi) is 6.68. The van der Waals surface area contributed by atoms with Gasteiger partial charge >= 0.3 is 11.9 Å². The van der Waals surface area contributed by atoms with Crippen molar-refractivity contribution in [2.75, 3.05) is 13.2 Å². The summed E-state index contributed by atoms with van der Waals surface area (Å²) in [5.41, 5.74) is -3.85. The van der Waals surface area contributed by atoms with Gasteiger partial charge in [0.1, 0.15) is 36.1 Å². The number of carbonyl (C=O) groups is 2. The largest absolute Gasteiger partial charge is 0.504 e. The molecule has 7 fully saturated rings. The molecule has 15 nitrogen and oxygen atoms in total. The minimum Gasteiger partial charge on any atom is -0.504 e. The number of hydrogen-bond acceptors (Lipinski definition) is 15. The topological polar surface area (TPSA) is 231 Å². The Hall–Kier alpha value is -3.54. The Balaban J connectivity index is 1.13. The zero-order valence-electron chi connectivity index (χ0n) is 23.8. The summed E-state index contributed by atoms with van der Waals surface area (Å²) in [4.78, 5) is 25.7. The lowest BCUT2D eigenvalue weighted by molar-refractivity contribution is -0.424.